The van der Waals surface area contributed by atoms with Crippen molar-refractivity contribution in [1.29, 1.82) is 0 Å². The average Bonchev–Trinajstić information content (AvgIpc) is 2.44. The molecule has 0 amide bonds. The summed E-state index contributed by atoms with van der Waals surface area (Å²) in [6, 6.07) is 4.52. The largest absolute Gasteiger partial charge is 0.392 e. The van der Waals surface area contributed by atoms with Gasteiger partial charge in [0.2, 0.25) is 0 Å². The molecular formula is C20H30O. The summed E-state index contributed by atoms with van der Waals surface area (Å²) >= 11 is 0. The van der Waals surface area contributed by atoms with Gasteiger partial charge in [0.15, 0.2) is 0 Å². The zero-order chi connectivity index (χ0) is 15.1. The first-order chi connectivity index (χ1) is 10.0. The van der Waals surface area contributed by atoms with E-state index in [0.717, 1.165) is 17.8 Å². The van der Waals surface area contributed by atoms with E-state index in [0.29, 0.717) is 11.8 Å². The summed E-state index contributed by atoms with van der Waals surface area (Å²) in [7, 11) is 0. The second-order valence-corrected chi connectivity index (χ2v) is 7.92. The predicted octanol–water partition coefficient (Wildman–Crippen LogP) is 5.33. The van der Waals surface area contributed by atoms with E-state index in [-0.39, 0.29) is 6.61 Å². The predicted molar refractivity (Wildman–Crippen MR) is 88.7 cm³/mol. The molecule has 0 aliphatic heterocycles. The quantitative estimate of drug-likeness (QED) is 0.796. The molecule has 4 atom stereocenters. The summed E-state index contributed by atoms with van der Waals surface area (Å²) in [4.78, 5) is 0. The second-order valence-electron chi connectivity index (χ2n) is 7.92. The Bertz CT molecular complexity index is 517. The Balaban J connectivity index is 2.16. The van der Waals surface area contributed by atoms with E-state index >= 15 is 0 Å². The molecule has 0 spiro atoms. The number of benzene rings is 1. The van der Waals surface area contributed by atoms with E-state index in [1.807, 2.05) is 0 Å². The van der Waals surface area contributed by atoms with Crippen LogP contribution in [-0.4, -0.2) is 5.11 Å². The molecule has 0 heterocycles. The van der Waals surface area contributed by atoms with Crippen LogP contribution in [0.5, 0.6) is 0 Å². The molecule has 2 aliphatic carbocycles. The molecule has 1 heteroatoms. The molecule has 2 aliphatic rings. The monoisotopic (exact) mass is 286 g/mol. The SMILES string of the molecule is CC(C)C[C@@H]1C[C@H](C)[C@@H]2CC[C@H](C)c3ccc(CO)c1c32. The third-order valence-electron chi connectivity index (χ3n) is 5.90. The van der Waals surface area contributed by atoms with E-state index in [4.69, 9.17) is 0 Å². The van der Waals surface area contributed by atoms with Gasteiger partial charge in [-0.1, -0.05) is 39.8 Å². The highest BCUT2D eigenvalue weighted by atomic mass is 16.3. The van der Waals surface area contributed by atoms with Crippen LogP contribution in [0.4, 0.5) is 0 Å². The van der Waals surface area contributed by atoms with Crippen molar-refractivity contribution >= 4 is 0 Å². The summed E-state index contributed by atoms with van der Waals surface area (Å²) in [5, 5.41) is 9.85. The van der Waals surface area contributed by atoms with Gasteiger partial charge < -0.3 is 5.11 Å². The zero-order valence-corrected chi connectivity index (χ0v) is 14.0. The third kappa shape index (κ3) is 2.54. The van der Waals surface area contributed by atoms with Gasteiger partial charge in [0.05, 0.1) is 6.61 Å². The first-order valence-electron chi connectivity index (χ1n) is 8.79. The van der Waals surface area contributed by atoms with Crippen LogP contribution in [0.3, 0.4) is 0 Å². The lowest BCUT2D eigenvalue weighted by atomic mass is 9.61. The molecule has 1 nitrogen and oxygen atoms in total. The molecule has 1 aromatic rings. The van der Waals surface area contributed by atoms with Gasteiger partial charge in [-0.25, -0.2) is 0 Å². The molecule has 0 unspecified atom stereocenters. The number of aliphatic hydroxyl groups excluding tert-OH is 1. The highest BCUT2D eigenvalue weighted by Crippen LogP contribution is 2.53. The topological polar surface area (TPSA) is 20.2 Å². The van der Waals surface area contributed by atoms with Crippen LogP contribution >= 0.6 is 0 Å². The van der Waals surface area contributed by atoms with Crippen LogP contribution in [0.15, 0.2) is 12.1 Å². The summed E-state index contributed by atoms with van der Waals surface area (Å²) in [6.07, 6.45) is 5.23. The summed E-state index contributed by atoms with van der Waals surface area (Å²) in [5.41, 5.74) is 5.97. The molecule has 1 N–H and O–H groups in total. The van der Waals surface area contributed by atoms with Gasteiger partial charge in [-0.15, -0.1) is 0 Å². The maximum Gasteiger partial charge on any atom is 0.0684 e. The Morgan fingerprint density at radius 2 is 1.90 bits per heavy atom. The molecule has 0 saturated heterocycles. The van der Waals surface area contributed by atoms with Crippen molar-refractivity contribution in [3.63, 3.8) is 0 Å². The zero-order valence-electron chi connectivity index (χ0n) is 14.0. The lowest BCUT2D eigenvalue weighted by Crippen LogP contribution is -2.29. The molecule has 0 bridgehead atoms. The van der Waals surface area contributed by atoms with Crippen LogP contribution in [0.25, 0.3) is 0 Å². The van der Waals surface area contributed by atoms with Gasteiger partial charge in [-0.05, 0) is 77.5 Å². The molecule has 0 saturated carbocycles. The molecule has 116 valence electrons. The Morgan fingerprint density at radius 3 is 2.57 bits per heavy atom. The minimum atomic E-state index is 0.201. The van der Waals surface area contributed by atoms with E-state index in [2.05, 4.69) is 39.8 Å². The van der Waals surface area contributed by atoms with Gasteiger partial charge in [0.25, 0.3) is 0 Å². The summed E-state index contributed by atoms with van der Waals surface area (Å²) in [6.45, 7) is 9.68. The average molecular weight is 286 g/mol. The van der Waals surface area contributed by atoms with Gasteiger partial charge in [-0.2, -0.15) is 0 Å². The second kappa shape index (κ2) is 5.76. The normalized spacial score (nSPS) is 31.3. The smallest absolute Gasteiger partial charge is 0.0684 e. The minimum Gasteiger partial charge on any atom is -0.392 e. The molecule has 1 aromatic carbocycles. The van der Waals surface area contributed by atoms with Gasteiger partial charge in [0, 0.05) is 0 Å². The van der Waals surface area contributed by atoms with Gasteiger partial charge in [0.1, 0.15) is 0 Å². The number of hydrogen-bond donors (Lipinski definition) is 1. The molecule has 0 radical (unpaired) electrons. The van der Waals surface area contributed by atoms with Crippen molar-refractivity contribution in [2.45, 2.75) is 77.7 Å². The maximum atomic E-state index is 9.85. The molecule has 0 fully saturated rings. The Hall–Kier alpha value is -0.820. The van der Waals surface area contributed by atoms with Crippen molar-refractivity contribution in [2.75, 3.05) is 0 Å². The molecule has 0 aromatic heterocycles. The fourth-order valence-electron chi connectivity index (χ4n) is 4.97. The van der Waals surface area contributed by atoms with Crippen molar-refractivity contribution in [3.05, 3.63) is 34.4 Å². The highest BCUT2D eigenvalue weighted by molar-refractivity contribution is 5.50. The standard InChI is InChI=1S/C20H30O/c1-12(2)9-16-10-14(4)18-7-5-13(3)17-8-6-15(11-21)19(16)20(17)18/h6,8,12-14,16,18,21H,5,7,9-11H2,1-4H3/t13-,14-,16+,18-/m0/s1. The minimum absolute atomic E-state index is 0.201. The number of aliphatic hydroxyl groups is 1. The molecule has 21 heavy (non-hydrogen) atoms. The van der Waals surface area contributed by atoms with Crippen LogP contribution in [0.2, 0.25) is 0 Å². The highest BCUT2D eigenvalue weighted by Gasteiger charge is 2.38. The Kier molecular flexibility index (Phi) is 4.14. The lowest BCUT2D eigenvalue weighted by Gasteiger charge is -2.43. The van der Waals surface area contributed by atoms with Gasteiger partial charge in [-0.3, -0.25) is 0 Å². The molecule has 3 rings (SSSR count). The fourth-order valence-corrected chi connectivity index (χ4v) is 4.97. The van der Waals surface area contributed by atoms with E-state index < -0.39 is 0 Å². The fraction of sp³-hybridized carbons (Fsp3) is 0.700. The van der Waals surface area contributed by atoms with Crippen molar-refractivity contribution < 1.29 is 5.11 Å². The van der Waals surface area contributed by atoms with Crippen LogP contribution in [-0.2, 0) is 6.61 Å². The van der Waals surface area contributed by atoms with Crippen molar-refractivity contribution in [1.82, 2.24) is 0 Å². The Morgan fingerprint density at radius 1 is 1.14 bits per heavy atom. The number of hydrogen-bond acceptors (Lipinski definition) is 1. The van der Waals surface area contributed by atoms with E-state index in [9.17, 15) is 5.11 Å². The summed E-state index contributed by atoms with van der Waals surface area (Å²) < 4.78 is 0. The van der Waals surface area contributed by atoms with Crippen LogP contribution in [0.1, 0.15) is 93.4 Å². The lowest BCUT2D eigenvalue weighted by molar-refractivity contribution is 0.266. The van der Waals surface area contributed by atoms with Gasteiger partial charge >= 0.3 is 0 Å². The van der Waals surface area contributed by atoms with Crippen LogP contribution in [0, 0.1) is 11.8 Å². The third-order valence-corrected chi connectivity index (χ3v) is 5.90. The number of rotatable bonds is 3. The Labute approximate surface area is 129 Å². The maximum absolute atomic E-state index is 9.85. The molecular weight excluding hydrogens is 256 g/mol. The van der Waals surface area contributed by atoms with Crippen molar-refractivity contribution in [2.24, 2.45) is 11.8 Å². The first-order valence-corrected chi connectivity index (χ1v) is 8.79. The van der Waals surface area contributed by atoms with E-state index in [1.165, 1.54) is 31.2 Å². The van der Waals surface area contributed by atoms with Crippen molar-refractivity contribution in [3.8, 4) is 0 Å². The van der Waals surface area contributed by atoms with E-state index in [1.54, 1.807) is 16.7 Å². The first kappa shape index (κ1) is 15.1. The van der Waals surface area contributed by atoms with Crippen LogP contribution < -0.4 is 0 Å². The summed E-state index contributed by atoms with van der Waals surface area (Å²) in [5.74, 6) is 3.59.